The molecule has 30 heavy (non-hydrogen) atoms. The number of nitrogens with zero attached hydrogens (tertiary/aromatic N) is 1. The lowest BCUT2D eigenvalue weighted by molar-refractivity contribution is -0.312. The highest BCUT2D eigenvalue weighted by Crippen LogP contribution is 2.30. The maximum Gasteiger partial charge on any atom is 0.173 e. The number of nitrogens with one attached hydrogen (secondary N) is 1. The van der Waals surface area contributed by atoms with Crippen LogP contribution in [0.3, 0.4) is 0 Å². The Kier molecular flexibility index (Phi) is 8.10. The second-order valence-electron chi connectivity index (χ2n) is 7.68. The van der Waals surface area contributed by atoms with Crippen molar-refractivity contribution >= 4 is 44.9 Å². The van der Waals surface area contributed by atoms with E-state index in [-0.39, 0.29) is 5.92 Å². The number of halogens is 1. The van der Waals surface area contributed by atoms with E-state index in [1.165, 1.54) is 0 Å². The van der Waals surface area contributed by atoms with Crippen LogP contribution in [-0.4, -0.2) is 29.6 Å². The first-order valence-electron chi connectivity index (χ1n) is 10.1. The minimum absolute atomic E-state index is 0.321. The van der Waals surface area contributed by atoms with Gasteiger partial charge >= 0.3 is 0 Å². The third kappa shape index (κ3) is 6.19. The molecule has 3 rings (SSSR count). The van der Waals surface area contributed by atoms with Gasteiger partial charge in [-0.1, -0.05) is 40.2 Å². The van der Waals surface area contributed by atoms with Gasteiger partial charge in [0.2, 0.25) is 0 Å². The van der Waals surface area contributed by atoms with E-state index in [1.807, 2.05) is 36.4 Å². The molecule has 2 aromatic rings. The molecule has 0 atom stereocenters. The lowest BCUT2D eigenvalue weighted by Gasteiger charge is -2.34. The van der Waals surface area contributed by atoms with Crippen LogP contribution in [0.25, 0.3) is 0 Å². The highest BCUT2D eigenvalue weighted by molar-refractivity contribution is 9.10. The van der Waals surface area contributed by atoms with Gasteiger partial charge in [0.1, 0.15) is 5.75 Å². The molecule has 0 radical (unpaired) electrons. The van der Waals surface area contributed by atoms with Crippen LogP contribution < -0.4 is 15.2 Å². The van der Waals surface area contributed by atoms with Crippen molar-refractivity contribution in [3.05, 3.63) is 58.6 Å². The summed E-state index contributed by atoms with van der Waals surface area (Å²) in [5.74, 6) is -0.117. The summed E-state index contributed by atoms with van der Waals surface area (Å²) in [7, 11) is 1.64. The summed E-state index contributed by atoms with van der Waals surface area (Å²) in [6.45, 7) is 1.44. The standard InChI is InChI=1S/C23H27BrN2O3S/c1-29-21-8-3-2-7-20(21)25-23(30)26(15-17-5-4-6-19(24)13-17)14-16-9-11-18(12-10-16)22(27)28/h2-8,13,16,18H,9-12,14-15H2,1H3,(H,25,30)(H,27,28)/p-1. The second kappa shape index (κ2) is 10.8. The zero-order valence-electron chi connectivity index (χ0n) is 17.0. The van der Waals surface area contributed by atoms with Crippen molar-refractivity contribution in [2.45, 2.75) is 32.2 Å². The predicted octanol–water partition coefficient (Wildman–Crippen LogP) is 4.21. The highest BCUT2D eigenvalue weighted by Gasteiger charge is 2.25. The minimum atomic E-state index is -0.923. The molecule has 0 aliphatic heterocycles. The summed E-state index contributed by atoms with van der Waals surface area (Å²) < 4.78 is 6.46. The Bertz CT molecular complexity index is 884. The Morgan fingerprint density at radius 1 is 1.20 bits per heavy atom. The van der Waals surface area contributed by atoms with Crippen LogP contribution in [0.2, 0.25) is 0 Å². The number of carbonyl (C=O) groups is 1. The summed E-state index contributed by atoms with van der Waals surface area (Å²) in [5.41, 5.74) is 1.97. The Morgan fingerprint density at radius 3 is 2.60 bits per heavy atom. The first kappa shape index (κ1) is 22.6. The van der Waals surface area contributed by atoms with Gasteiger partial charge in [-0.3, -0.25) is 0 Å². The van der Waals surface area contributed by atoms with Gasteiger partial charge in [0, 0.05) is 23.5 Å². The summed E-state index contributed by atoms with van der Waals surface area (Å²) in [5, 5.41) is 15.1. The van der Waals surface area contributed by atoms with Gasteiger partial charge in [-0.05, 0) is 79.6 Å². The molecule has 0 aromatic heterocycles. The molecular weight excluding hydrogens is 464 g/mol. The van der Waals surface area contributed by atoms with E-state index in [1.54, 1.807) is 7.11 Å². The minimum Gasteiger partial charge on any atom is -0.550 e. The highest BCUT2D eigenvalue weighted by atomic mass is 79.9. The lowest BCUT2D eigenvalue weighted by Crippen LogP contribution is -2.40. The van der Waals surface area contributed by atoms with Crippen molar-refractivity contribution in [3.8, 4) is 5.75 Å². The molecule has 0 bridgehead atoms. The SMILES string of the molecule is COc1ccccc1NC(=S)N(Cc1cccc(Br)c1)CC1CCC(C(=O)[O-])CC1. The van der Waals surface area contributed by atoms with Crippen LogP contribution in [0.4, 0.5) is 5.69 Å². The molecule has 0 spiro atoms. The number of para-hydroxylation sites is 2. The monoisotopic (exact) mass is 489 g/mol. The van der Waals surface area contributed by atoms with E-state index in [0.717, 1.165) is 40.9 Å². The zero-order valence-corrected chi connectivity index (χ0v) is 19.4. The Balaban J connectivity index is 1.73. The second-order valence-corrected chi connectivity index (χ2v) is 8.98. The Labute approximate surface area is 191 Å². The van der Waals surface area contributed by atoms with Crippen LogP contribution in [-0.2, 0) is 11.3 Å². The Hall–Kier alpha value is -2.12. The van der Waals surface area contributed by atoms with Crippen molar-refractivity contribution in [1.82, 2.24) is 4.90 Å². The van der Waals surface area contributed by atoms with Gasteiger partial charge in [0.25, 0.3) is 0 Å². The average Bonchev–Trinajstić information content (AvgIpc) is 2.74. The van der Waals surface area contributed by atoms with Crippen molar-refractivity contribution in [1.29, 1.82) is 0 Å². The van der Waals surface area contributed by atoms with Gasteiger partial charge in [-0.2, -0.15) is 0 Å². The lowest BCUT2D eigenvalue weighted by atomic mass is 9.82. The maximum atomic E-state index is 11.2. The molecule has 160 valence electrons. The number of rotatable bonds is 7. The van der Waals surface area contributed by atoms with Crippen LogP contribution >= 0.6 is 28.1 Å². The summed E-state index contributed by atoms with van der Waals surface area (Å²) in [6.07, 6.45) is 3.07. The number of hydrogen-bond acceptors (Lipinski definition) is 4. The van der Waals surface area contributed by atoms with Crippen molar-refractivity contribution in [3.63, 3.8) is 0 Å². The number of ether oxygens (including phenoxy) is 1. The number of carboxylic acid groups (broad SMARTS) is 1. The van der Waals surface area contributed by atoms with Crippen LogP contribution in [0.15, 0.2) is 53.0 Å². The van der Waals surface area contributed by atoms with Crippen LogP contribution in [0, 0.1) is 11.8 Å². The number of aliphatic carboxylic acids is 1. The third-order valence-electron chi connectivity index (χ3n) is 5.56. The molecular formula is C23H26BrN2O3S-. The summed E-state index contributed by atoms with van der Waals surface area (Å²) >= 11 is 9.31. The van der Waals surface area contributed by atoms with Crippen molar-refractivity contribution in [2.24, 2.45) is 11.8 Å². The number of hydrogen-bond donors (Lipinski definition) is 1. The third-order valence-corrected chi connectivity index (χ3v) is 6.41. The van der Waals surface area contributed by atoms with Crippen LogP contribution in [0.1, 0.15) is 31.2 Å². The fraction of sp³-hybridized carbons (Fsp3) is 0.391. The molecule has 5 nitrogen and oxygen atoms in total. The van der Waals surface area contributed by atoms with E-state index in [2.05, 4.69) is 38.3 Å². The molecule has 1 aliphatic rings. The van der Waals surface area contributed by atoms with E-state index < -0.39 is 5.97 Å². The number of carbonyl (C=O) groups excluding carboxylic acids is 1. The summed E-state index contributed by atoms with van der Waals surface area (Å²) in [6, 6.07) is 15.9. The van der Waals surface area contributed by atoms with Gasteiger partial charge in [-0.15, -0.1) is 0 Å². The molecule has 7 heteroatoms. The van der Waals surface area contributed by atoms with E-state index in [4.69, 9.17) is 17.0 Å². The normalized spacial score (nSPS) is 18.5. The van der Waals surface area contributed by atoms with E-state index in [9.17, 15) is 9.90 Å². The molecule has 0 amide bonds. The number of benzene rings is 2. The van der Waals surface area contributed by atoms with Crippen LogP contribution in [0.5, 0.6) is 5.75 Å². The molecule has 2 aromatic carbocycles. The number of anilines is 1. The van der Waals surface area contributed by atoms with Gasteiger partial charge in [0.05, 0.1) is 12.8 Å². The molecule has 0 unspecified atom stereocenters. The molecule has 1 fully saturated rings. The molecule has 0 heterocycles. The molecule has 0 saturated heterocycles. The fourth-order valence-electron chi connectivity index (χ4n) is 3.91. The Morgan fingerprint density at radius 2 is 1.93 bits per heavy atom. The predicted molar refractivity (Wildman–Crippen MR) is 124 cm³/mol. The van der Waals surface area contributed by atoms with Gasteiger partial charge in [0.15, 0.2) is 5.11 Å². The first-order valence-corrected chi connectivity index (χ1v) is 11.3. The average molecular weight is 490 g/mol. The number of methoxy groups -OCH3 is 1. The molecule has 1 N–H and O–H groups in total. The van der Waals surface area contributed by atoms with Crippen molar-refractivity contribution < 1.29 is 14.6 Å². The summed E-state index contributed by atoms with van der Waals surface area (Å²) in [4.78, 5) is 13.3. The maximum absolute atomic E-state index is 11.2. The van der Waals surface area contributed by atoms with Gasteiger partial charge in [-0.25, -0.2) is 0 Å². The molecule has 1 saturated carbocycles. The molecule has 1 aliphatic carbocycles. The quantitative estimate of drug-likeness (QED) is 0.587. The van der Waals surface area contributed by atoms with Gasteiger partial charge < -0.3 is 24.9 Å². The first-order chi connectivity index (χ1) is 14.5. The fourth-order valence-corrected chi connectivity index (χ4v) is 4.61. The largest absolute Gasteiger partial charge is 0.550 e. The van der Waals surface area contributed by atoms with E-state index >= 15 is 0 Å². The topological polar surface area (TPSA) is 64.6 Å². The zero-order chi connectivity index (χ0) is 21.5. The van der Waals surface area contributed by atoms with E-state index in [0.29, 0.717) is 30.4 Å². The van der Waals surface area contributed by atoms with Crippen molar-refractivity contribution in [2.75, 3.05) is 19.0 Å². The number of carboxylic acids is 1. The smallest absolute Gasteiger partial charge is 0.173 e. The number of thiocarbonyl (C=S) groups is 1.